The Morgan fingerprint density at radius 2 is 2.06 bits per heavy atom. The number of allylic oxidation sites excluding steroid dienone is 1. The second kappa shape index (κ2) is 4.10. The number of para-hydroxylation sites is 1. The second-order valence-corrected chi connectivity index (χ2v) is 4.30. The van der Waals surface area contributed by atoms with Crippen molar-refractivity contribution in [1.82, 2.24) is 9.78 Å². The summed E-state index contributed by atoms with van der Waals surface area (Å²) < 4.78 is 1.88. The maximum Gasteiger partial charge on any atom is 0.0909 e. The topological polar surface area (TPSA) is 43.8 Å². The summed E-state index contributed by atoms with van der Waals surface area (Å²) in [5.41, 5.74) is 9.40. The number of hydrogen-bond acceptors (Lipinski definition) is 2. The van der Waals surface area contributed by atoms with E-state index in [1.54, 1.807) is 0 Å². The Labute approximate surface area is 95.6 Å². The predicted molar refractivity (Wildman–Crippen MR) is 67.1 cm³/mol. The fraction of sp³-hybridized carbons (Fsp3) is 0.308. The summed E-state index contributed by atoms with van der Waals surface area (Å²) in [5.74, 6) is 0. The Balaban J connectivity index is 2.57. The van der Waals surface area contributed by atoms with Crippen molar-refractivity contribution < 1.29 is 0 Å². The van der Waals surface area contributed by atoms with Crippen molar-refractivity contribution in [1.29, 1.82) is 0 Å². The largest absolute Gasteiger partial charge is 0.319 e. The van der Waals surface area contributed by atoms with Crippen molar-refractivity contribution >= 4 is 10.9 Å². The first-order chi connectivity index (χ1) is 7.59. The highest BCUT2D eigenvalue weighted by molar-refractivity contribution is 5.82. The molecule has 3 heteroatoms. The molecule has 1 unspecified atom stereocenters. The molecule has 1 heterocycles. The first kappa shape index (κ1) is 10.9. The minimum absolute atomic E-state index is 0.129. The number of fused-ring (bicyclic) bond motifs is 1. The predicted octanol–water partition coefficient (Wildman–Crippen LogP) is 2.54. The number of aromatic nitrogens is 2. The summed E-state index contributed by atoms with van der Waals surface area (Å²) in [6.45, 7) is 4.09. The highest BCUT2D eigenvalue weighted by Gasteiger charge is 2.12. The highest BCUT2D eigenvalue weighted by Crippen LogP contribution is 2.23. The first-order valence-corrected chi connectivity index (χ1v) is 5.42. The molecule has 2 aromatic rings. The van der Waals surface area contributed by atoms with E-state index in [-0.39, 0.29) is 6.04 Å². The van der Waals surface area contributed by atoms with Gasteiger partial charge in [0.1, 0.15) is 0 Å². The van der Waals surface area contributed by atoms with Crippen molar-refractivity contribution in [3.63, 3.8) is 0 Å². The van der Waals surface area contributed by atoms with Crippen LogP contribution in [0.25, 0.3) is 10.9 Å². The van der Waals surface area contributed by atoms with Crippen LogP contribution in [0.1, 0.15) is 25.6 Å². The lowest BCUT2D eigenvalue weighted by Crippen LogP contribution is -2.09. The van der Waals surface area contributed by atoms with Gasteiger partial charge in [0.15, 0.2) is 0 Å². The van der Waals surface area contributed by atoms with E-state index in [0.717, 1.165) is 16.6 Å². The van der Waals surface area contributed by atoms with Crippen LogP contribution in [0.4, 0.5) is 0 Å². The number of nitrogens with zero attached hydrogens (tertiary/aromatic N) is 2. The summed E-state index contributed by atoms with van der Waals surface area (Å²) in [5, 5.41) is 5.62. The molecule has 0 fully saturated rings. The normalized spacial score (nSPS) is 12.8. The molecule has 1 aromatic heterocycles. The van der Waals surface area contributed by atoms with Gasteiger partial charge in [0.25, 0.3) is 0 Å². The molecule has 0 saturated carbocycles. The molecule has 3 nitrogen and oxygen atoms in total. The zero-order chi connectivity index (χ0) is 11.7. The highest BCUT2D eigenvalue weighted by atomic mass is 15.3. The Morgan fingerprint density at radius 3 is 2.75 bits per heavy atom. The molecule has 0 spiro atoms. The zero-order valence-electron chi connectivity index (χ0n) is 9.94. The SMILES string of the molecule is CC(C)=CC(N)c1nn(C)c2ccccc12. The van der Waals surface area contributed by atoms with Gasteiger partial charge in [-0.15, -0.1) is 0 Å². The van der Waals surface area contributed by atoms with Gasteiger partial charge in [0, 0.05) is 12.4 Å². The van der Waals surface area contributed by atoms with Gasteiger partial charge in [-0.05, 0) is 19.9 Å². The summed E-state index contributed by atoms with van der Waals surface area (Å²) in [6.07, 6.45) is 2.04. The fourth-order valence-electron chi connectivity index (χ4n) is 1.93. The van der Waals surface area contributed by atoms with E-state index in [1.807, 2.05) is 43.8 Å². The number of nitrogens with two attached hydrogens (primary N) is 1. The Hall–Kier alpha value is -1.61. The van der Waals surface area contributed by atoms with Gasteiger partial charge in [-0.1, -0.05) is 29.8 Å². The number of aryl methyl sites for hydroxylation is 1. The fourth-order valence-corrected chi connectivity index (χ4v) is 1.93. The molecule has 84 valence electrons. The van der Waals surface area contributed by atoms with Gasteiger partial charge in [-0.3, -0.25) is 4.68 Å². The third-order valence-electron chi connectivity index (χ3n) is 2.62. The van der Waals surface area contributed by atoms with Gasteiger partial charge >= 0.3 is 0 Å². The van der Waals surface area contributed by atoms with E-state index in [4.69, 9.17) is 5.73 Å². The Kier molecular flexibility index (Phi) is 2.79. The lowest BCUT2D eigenvalue weighted by Gasteiger charge is -2.04. The van der Waals surface area contributed by atoms with Crippen LogP contribution in [-0.2, 0) is 7.05 Å². The van der Waals surface area contributed by atoms with E-state index in [9.17, 15) is 0 Å². The van der Waals surface area contributed by atoms with Gasteiger partial charge in [0.2, 0.25) is 0 Å². The van der Waals surface area contributed by atoms with Gasteiger partial charge in [-0.25, -0.2) is 0 Å². The molecule has 2 rings (SSSR count). The smallest absolute Gasteiger partial charge is 0.0909 e. The molecule has 1 atom stereocenters. The van der Waals surface area contributed by atoms with E-state index < -0.39 is 0 Å². The molecule has 0 radical (unpaired) electrons. The summed E-state index contributed by atoms with van der Waals surface area (Å²) in [4.78, 5) is 0. The van der Waals surface area contributed by atoms with Crippen LogP contribution >= 0.6 is 0 Å². The van der Waals surface area contributed by atoms with Crippen molar-refractivity contribution in [3.8, 4) is 0 Å². The molecule has 0 bridgehead atoms. The molecule has 0 saturated heterocycles. The standard InChI is InChI=1S/C13H17N3/c1-9(2)8-11(14)13-10-6-4-5-7-12(10)16(3)15-13/h4-8,11H,14H2,1-3H3. The van der Waals surface area contributed by atoms with E-state index in [1.165, 1.54) is 5.57 Å². The van der Waals surface area contributed by atoms with Gasteiger partial charge in [0.05, 0.1) is 17.3 Å². The molecule has 16 heavy (non-hydrogen) atoms. The lowest BCUT2D eigenvalue weighted by molar-refractivity contribution is 0.739. The van der Waals surface area contributed by atoms with E-state index in [2.05, 4.69) is 17.2 Å². The van der Waals surface area contributed by atoms with Crippen LogP contribution in [0.5, 0.6) is 0 Å². The maximum absolute atomic E-state index is 6.12. The van der Waals surface area contributed by atoms with Crippen LogP contribution in [0.2, 0.25) is 0 Å². The Morgan fingerprint density at radius 1 is 1.38 bits per heavy atom. The Bertz CT molecular complexity index is 533. The monoisotopic (exact) mass is 215 g/mol. The van der Waals surface area contributed by atoms with Crippen LogP contribution < -0.4 is 5.73 Å². The molecular formula is C13H17N3. The zero-order valence-corrected chi connectivity index (χ0v) is 9.94. The van der Waals surface area contributed by atoms with Crippen LogP contribution in [-0.4, -0.2) is 9.78 Å². The third kappa shape index (κ3) is 1.86. The molecule has 0 aliphatic rings. The van der Waals surface area contributed by atoms with Gasteiger partial charge < -0.3 is 5.73 Å². The van der Waals surface area contributed by atoms with Gasteiger partial charge in [-0.2, -0.15) is 5.10 Å². The van der Waals surface area contributed by atoms with Crippen LogP contribution in [0.15, 0.2) is 35.9 Å². The molecule has 0 amide bonds. The first-order valence-electron chi connectivity index (χ1n) is 5.42. The molecule has 2 N–H and O–H groups in total. The van der Waals surface area contributed by atoms with E-state index in [0.29, 0.717) is 0 Å². The van der Waals surface area contributed by atoms with Crippen molar-refractivity contribution in [2.75, 3.05) is 0 Å². The molecule has 0 aliphatic carbocycles. The van der Waals surface area contributed by atoms with Crippen molar-refractivity contribution in [2.45, 2.75) is 19.9 Å². The second-order valence-electron chi connectivity index (χ2n) is 4.30. The average Bonchev–Trinajstić information content (AvgIpc) is 2.56. The van der Waals surface area contributed by atoms with Crippen LogP contribution in [0.3, 0.4) is 0 Å². The summed E-state index contributed by atoms with van der Waals surface area (Å²) in [7, 11) is 1.95. The quantitative estimate of drug-likeness (QED) is 0.782. The van der Waals surface area contributed by atoms with Crippen molar-refractivity contribution in [2.24, 2.45) is 12.8 Å². The lowest BCUT2D eigenvalue weighted by atomic mass is 10.1. The average molecular weight is 215 g/mol. The number of benzene rings is 1. The summed E-state index contributed by atoms with van der Waals surface area (Å²) >= 11 is 0. The number of hydrogen-bond donors (Lipinski definition) is 1. The molecule has 0 aliphatic heterocycles. The minimum Gasteiger partial charge on any atom is -0.319 e. The molecular weight excluding hydrogens is 198 g/mol. The van der Waals surface area contributed by atoms with Crippen LogP contribution in [0, 0.1) is 0 Å². The summed E-state index contributed by atoms with van der Waals surface area (Å²) in [6, 6.07) is 8.02. The molecule has 1 aromatic carbocycles. The maximum atomic E-state index is 6.12. The van der Waals surface area contributed by atoms with Crippen molar-refractivity contribution in [3.05, 3.63) is 41.6 Å². The minimum atomic E-state index is -0.129. The van der Waals surface area contributed by atoms with E-state index >= 15 is 0 Å². The third-order valence-corrected chi connectivity index (χ3v) is 2.62. The number of rotatable bonds is 2.